The van der Waals surface area contributed by atoms with Crippen molar-refractivity contribution in [2.24, 2.45) is 11.8 Å². The van der Waals surface area contributed by atoms with Gasteiger partial charge in [0.05, 0.1) is 30.8 Å². The van der Waals surface area contributed by atoms with Crippen molar-refractivity contribution < 1.29 is 43.5 Å². The number of carbonyl (C=O) groups excluding carboxylic acids is 2. The van der Waals surface area contributed by atoms with Gasteiger partial charge in [0.1, 0.15) is 18.0 Å². The summed E-state index contributed by atoms with van der Waals surface area (Å²) >= 11 is 0. The molecule has 0 aromatic rings. The number of allylic oxidation sites excluding steroid dienone is 1. The van der Waals surface area contributed by atoms with Gasteiger partial charge in [-0.05, 0) is 44.1 Å². The zero-order chi connectivity index (χ0) is 28.1. The third-order valence-electron chi connectivity index (χ3n) is 7.20. The summed E-state index contributed by atoms with van der Waals surface area (Å²) in [5, 5.41) is 22.7. The van der Waals surface area contributed by atoms with Crippen LogP contribution in [0.5, 0.6) is 0 Å². The van der Waals surface area contributed by atoms with Crippen molar-refractivity contribution in [3.63, 3.8) is 0 Å². The van der Waals surface area contributed by atoms with Gasteiger partial charge in [0, 0.05) is 25.8 Å². The smallest absolute Gasteiger partial charge is 0.308 e. The summed E-state index contributed by atoms with van der Waals surface area (Å²) in [6.07, 6.45) is 8.47. The van der Waals surface area contributed by atoms with E-state index < -0.39 is 42.0 Å². The highest BCUT2D eigenvalue weighted by Crippen LogP contribution is 2.46. The van der Waals surface area contributed by atoms with Gasteiger partial charge in [-0.25, -0.2) is 0 Å². The predicted molar refractivity (Wildman–Crippen MR) is 138 cm³/mol. The van der Waals surface area contributed by atoms with Crippen molar-refractivity contribution >= 4 is 17.8 Å². The third-order valence-corrected chi connectivity index (χ3v) is 7.20. The second-order valence-corrected chi connectivity index (χ2v) is 11.0. The van der Waals surface area contributed by atoms with Gasteiger partial charge in [-0.2, -0.15) is 0 Å². The number of ether oxygens (including phenoxy) is 4. The summed E-state index contributed by atoms with van der Waals surface area (Å²) in [6.45, 7) is 11.7. The highest BCUT2D eigenvalue weighted by Gasteiger charge is 2.57. The fourth-order valence-electron chi connectivity index (χ4n) is 5.19. The molecule has 0 radical (unpaired) electrons. The molecule has 1 spiro atoms. The van der Waals surface area contributed by atoms with E-state index in [4.69, 9.17) is 24.1 Å². The third kappa shape index (κ3) is 8.96. The number of amides is 1. The summed E-state index contributed by atoms with van der Waals surface area (Å²) in [5.41, 5.74) is -0.491. The molecule has 0 aromatic heterocycles. The summed E-state index contributed by atoms with van der Waals surface area (Å²) in [5.74, 6) is -2.63. The maximum Gasteiger partial charge on any atom is 0.308 e. The fraction of sp³-hybridized carbons (Fsp3) is 0.679. The number of aliphatic carboxylic acids is 1. The summed E-state index contributed by atoms with van der Waals surface area (Å²) in [4.78, 5) is 34.4. The van der Waals surface area contributed by atoms with Crippen LogP contribution in [0, 0.1) is 11.8 Å². The normalized spacial score (nSPS) is 34.6. The molecular weight excluding hydrogens is 494 g/mol. The molecule has 8 atom stereocenters. The van der Waals surface area contributed by atoms with Gasteiger partial charge >= 0.3 is 11.9 Å². The Labute approximate surface area is 224 Å². The van der Waals surface area contributed by atoms with Crippen LogP contribution in [0.3, 0.4) is 0 Å². The van der Waals surface area contributed by atoms with E-state index in [0.717, 1.165) is 12.8 Å². The van der Waals surface area contributed by atoms with Crippen LogP contribution in [0.15, 0.2) is 36.6 Å². The van der Waals surface area contributed by atoms with Gasteiger partial charge in [0.15, 0.2) is 5.79 Å². The molecular formula is C28H41NO9. The molecule has 3 fully saturated rings. The molecule has 3 aliphatic rings. The number of epoxide rings is 1. The average molecular weight is 536 g/mol. The Balaban J connectivity index is 1.44. The van der Waals surface area contributed by atoms with Crippen LogP contribution in [-0.4, -0.2) is 70.4 Å². The molecule has 0 aliphatic carbocycles. The van der Waals surface area contributed by atoms with Gasteiger partial charge in [-0.3, -0.25) is 14.4 Å². The standard InChI is InChI=1S/C28H41NO9/c1-17(6-9-22-13-27(16-35-27)15-28(34,38-22)14-26(32)33)7-10-24-18(2)12-23(20(4)37-24)29-25(31)11-8-19(3)36-21(5)30/h6,8-9,11,17-19,22-24,34H,4,7,10,12-16H2,1-3,5H3,(H,29,31)(H,32,33)/b9-6+,11-8-/t17?,18?,19-,22+,23+,24?,27?,28?/m0/s1. The van der Waals surface area contributed by atoms with E-state index in [0.29, 0.717) is 25.2 Å². The number of carbonyl (C=O) groups is 3. The first kappa shape index (κ1) is 29.9. The van der Waals surface area contributed by atoms with E-state index >= 15 is 0 Å². The lowest BCUT2D eigenvalue weighted by Gasteiger charge is -2.38. The van der Waals surface area contributed by atoms with Crippen LogP contribution in [-0.2, 0) is 33.3 Å². The summed E-state index contributed by atoms with van der Waals surface area (Å²) < 4.78 is 22.3. The molecule has 3 aliphatic heterocycles. The highest BCUT2D eigenvalue weighted by atomic mass is 16.7. The van der Waals surface area contributed by atoms with Crippen molar-refractivity contribution in [3.8, 4) is 0 Å². The molecule has 5 unspecified atom stereocenters. The number of aliphatic hydroxyl groups is 1. The van der Waals surface area contributed by atoms with Crippen molar-refractivity contribution in [2.75, 3.05) is 6.61 Å². The lowest BCUT2D eigenvalue weighted by Crippen LogP contribution is -2.48. The number of nitrogens with one attached hydrogen (secondary N) is 1. The maximum atomic E-state index is 12.3. The van der Waals surface area contributed by atoms with E-state index in [2.05, 4.69) is 25.7 Å². The van der Waals surface area contributed by atoms with Crippen LogP contribution in [0.1, 0.15) is 66.2 Å². The predicted octanol–water partition coefficient (Wildman–Crippen LogP) is 3.00. The Morgan fingerprint density at radius 1 is 1.29 bits per heavy atom. The van der Waals surface area contributed by atoms with Crippen LogP contribution < -0.4 is 5.32 Å². The lowest BCUT2D eigenvalue weighted by atomic mass is 9.87. The number of carboxylic acids is 1. The van der Waals surface area contributed by atoms with E-state index in [1.807, 2.05) is 12.2 Å². The van der Waals surface area contributed by atoms with Crippen molar-refractivity contribution in [1.29, 1.82) is 0 Å². The molecule has 3 rings (SSSR count). The second-order valence-electron chi connectivity index (χ2n) is 11.0. The highest BCUT2D eigenvalue weighted by molar-refractivity contribution is 5.88. The monoisotopic (exact) mass is 535 g/mol. The van der Waals surface area contributed by atoms with Crippen molar-refractivity contribution in [2.45, 2.75) is 102 Å². The first-order chi connectivity index (χ1) is 17.8. The number of esters is 1. The molecule has 38 heavy (non-hydrogen) atoms. The minimum absolute atomic E-state index is 0.0271. The lowest BCUT2D eigenvalue weighted by molar-refractivity contribution is -0.259. The van der Waals surface area contributed by atoms with Gasteiger partial charge in [-0.1, -0.05) is 32.6 Å². The summed E-state index contributed by atoms with van der Waals surface area (Å²) in [7, 11) is 0. The Kier molecular flexibility index (Phi) is 9.78. The van der Waals surface area contributed by atoms with Crippen LogP contribution in [0.2, 0.25) is 0 Å². The second kappa shape index (κ2) is 12.4. The zero-order valence-electron chi connectivity index (χ0n) is 22.7. The van der Waals surface area contributed by atoms with E-state index in [1.165, 1.54) is 19.1 Å². The molecule has 1 amide bonds. The van der Waals surface area contributed by atoms with E-state index in [1.54, 1.807) is 6.92 Å². The Bertz CT molecular complexity index is 956. The first-order valence-electron chi connectivity index (χ1n) is 13.2. The first-order valence-corrected chi connectivity index (χ1v) is 13.2. The minimum Gasteiger partial charge on any atom is -0.493 e. The molecule has 10 heteroatoms. The van der Waals surface area contributed by atoms with Crippen molar-refractivity contribution in [1.82, 2.24) is 5.32 Å². The largest absolute Gasteiger partial charge is 0.493 e. The molecule has 3 saturated heterocycles. The average Bonchev–Trinajstić information content (AvgIpc) is 3.53. The minimum atomic E-state index is -1.73. The maximum absolute atomic E-state index is 12.3. The van der Waals surface area contributed by atoms with Gasteiger partial charge in [0.25, 0.3) is 0 Å². The topological polar surface area (TPSA) is 144 Å². The molecule has 0 saturated carbocycles. The van der Waals surface area contributed by atoms with E-state index in [9.17, 15) is 19.5 Å². The Morgan fingerprint density at radius 3 is 2.63 bits per heavy atom. The molecule has 0 bridgehead atoms. The van der Waals surface area contributed by atoms with Crippen molar-refractivity contribution in [3.05, 3.63) is 36.6 Å². The number of hydrogen-bond donors (Lipinski definition) is 3. The quantitative estimate of drug-likeness (QED) is 0.157. The SMILES string of the molecule is C=C1OC(CCC(C)/C=C/[C@@H]2CC3(CO3)CC(O)(CC(=O)O)O2)C(C)C[C@H]1NC(=O)/C=C\[C@H](C)OC(C)=O. The molecule has 10 nitrogen and oxygen atoms in total. The number of rotatable bonds is 11. The van der Waals surface area contributed by atoms with Gasteiger partial charge < -0.3 is 34.5 Å². The molecule has 0 aromatic carbocycles. The van der Waals surface area contributed by atoms with Gasteiger partial charge in [-0.15, -0.1) is 0 Å². The van der Waals surface area contributed by atoms with Crippen LogP contribution in [0.4, 0.5) is 0 Å². The van der Waals surface area contributed by atoms with Gasteiger partial charge in [0.2, 0.25) is 5.91 Å². The number of carboxylic acid groups (broad SMARTS) is 1. The molecule has 3 heterocycles. The Hall–Kier alpha value is -2.69. The fourth-order valence-corrected chi connectivity index (χ4v) is 5.19. The summed E-state index contributed by atoms with van der Waals surface area (Å²) in [6, 6.07) is -0.301. The van der Waals surface area contributed by atoms with Crippen LogP contribution >= 0.6 is 0 Å². The molecule has 3 N–H and O–H groups in total. The Morgan fingerprint density at radius 2 is 2.00 bits per heavy atom. The zero-order valence-corrected chi connectivity index (χ0v) is 22.7. The van der Waals surface area contributed by atoms with Crippen LogP contribution in [0.25, 0.3) is 0 Å². The molecule has 212 valence electrons. The number of hydrogen-bond acceptors (Lipinski definition) is 8. The van der Waals surface area contributed by atoms with E-state index in [-0.39, 0.29) is 36.3 Å².